The first kappa shape index (κ1) is 47.7. The highest BCUT2D eigenvalue weighted by molar-refractivity contribution is 7.46. The fourth-order valence-corrected chi connectivity index (χ4v) is 5.17. The lowest BCUT2D eigenvalue weighted by Gasteiger charge is -2.18. The van der Waals surface area contributed by atoms with E-state index in [1.807, 2.05) is 25.2 Å². The first-order chi connectivity index (χ1) is 24.1. The van der Waals surface area contributed by atoms with Gasteiger partial charge >= 0.3 is 13.8 Å². The standard InChI is InChI=1S/C39H67O10P/c1-3-5-7-8-9-10-11-12-13-14-15-18-21-25-32-47-33-36(34-48-50(44,45)46)49-39(43)31-26-30-38(42)37(41)29-24-20-17-16-19-23-28-35(40)27-22-6-4-2/h6,16-17,19-20,22-25,28-29,32,35-38,40-42H,3-5,7-15,18,21,26-27,30-31,33-34H2,1-2H3,(H2,44,45,46)/b19-16+,20-17-,22-6-,28-23+,29-24-,32-25+/t35-,36+,37+,38+/m0/s1. The minimum atomic E-state index is -4.77. The number of aliphatic hydroxyl groups excluding tert-OH is 3. The zero-order valence-electron chi connectivity index (χ0n) is 30.6. The van der Waals surface area contributed by atoms with Crippen LogP contribution in [0.4, 0.5) is 0 Å². The van der Waals surface area contributed by atoms with Gasteiger partial charge in [0, 0.05) is 6.42 Å². The minimum Gasteiger partial charge on any atom is -0.498 e. The molecule has 50 heavy (non-hydrogen) atoms. The summed E-state index contributed by atoms with van der Waals surface area (Å²) in [7, 11) is -4.77. The quantitative estimate of drug-likeness (QED) is 0.0111. The molecular formula is C39H67O10P. The molecule has 0 aromatic rings. The molecule has 0 rings (SSSR count). The van der Waals surface area contributed by atoms with Crippen molar-refractivity contribution < 1.29 is 48.5 Å². The molecule has 0 aromatic carbocycles. The van der Waals surface area contributed by atoms with Crippen LogP contribution in [0.5, 0.6) is 0 Å². The number of carbonyl (C=O) groups is 1. The fraction of sp³-hybridized carbons (Fsp3) is 0.667. The maximum Gasteiger partial charge on any atom is 0.469 e. The summed E-state index contributed by atoms with van der Waals surface area (Å²) < 4.78 is 26.4. The summed E-state index contributed by atoms with van der Waals surface area (Å²) in [4.78, 5) is 30.5. The average Bonchev–Trinajstić information content (AvgIpc) is 3.07. The Bertz CT molecular complexity index is 1030. The second kappa shape index (κ2) is 33.8. The third-order valence-electron chi connectivity index (χ3n) is 7.68. The number of ether oxygens (including phenoxy) is 2. The van der Waals surface area contributed by atoms with Crippen LogP contribution >= 0.6 is 7.82 Å². The summed E-state index contributed by atoms with van der Waals surface area (Å²) in [6.07, 6.45) is 35.0. The van der Waals surface area contributed by atoms with Gasteiger partial charge in [-0.15, -0.1) is 0 Å². The lowest BCUT2D eigenvalue weighted by Crippen LogP contribution is -2.28. The molecule has 0 heterocycles. The van der Waals surface area contributed by atoms with Crippen LogP contribution in [0.3, 0.4) is 0 Å². The first-order valence-corrected chi connectivity index (χ1v) is 20.2. The van der Waals surface area contributed by atoms with Crippen molar-refractivity contribution >= 4 is 13.8 Å². The monoisotopic (exact) mass is 726 g/mol. The lowest BCUT2D eigenvalue weighted by atomic mass is 10.0. The number of rotatable bonds is 33. The highest BCUT2D eigenvalue weighted by Crippen LogP contribution is 2.35. The van der Waals surface area contributed by atoms with E-state index >= 15 is 0 Å². The van der Waals surface area contributed by atoms with Crippen LogP contribution in [0.25, 0.3) is 0 Å². The molecule has 0 amide bonds. The molecule has 0 unspecified atom stereocenters. The van der Waals surface area contributed by atoms with Crippen molar-refractivity contribution in [2.75, 3.05) is 13.2 Å². The molecule has 0 bridgehead atoms. The molecule has 0 fully saturated rings. The van der Waals surface area contributed by atoms with E-state index in [4.69, 9.17) is 19.3 Å². The van der Waals surface area contributed by atoms with Gasteiger partial charge < -0.3 is 34.6 Å². The van der Waals surface area contributed by atoms with Crippen molar-refractivity contribution in [2.45, 2.75) is 154 Å². The van der Waals surface area contributed by atoms with Crippen LogP contribution in [-0.4, -0.2) is 68.7 Å². The number of allylic oxidation sites excluding steroid dienone is 8. The van der Waals surface area contributed by atoms with E-state index in [2.05, 4.69) is 11.4 Å². The normalized spacial score (nSPS) is 15.3. The molecule has 0 saturated heterocycles. The van der Waals surface area contributed by atoms with E-state index in [9.17, 15) is 24.7 Å². The lowest BCUT2D eigenvalue weighted by molar-refractivity contribution is -0.153. The molecule has 11 heteroatoms. The smallest absolute Gasteiger partial charge is 0.469 e. The van der Waals surface area contributed by atoms with Gasteiger partial charge in [-0.2, -0.15) is 0 Å². The van der Waals surface area contributed by atoms with Gasteiger partial charge in [0.2, 0.25) is 0 Å². The summed E-state index contributed by atoms with van der Waals surface area (Å²) in [6, 6.07) is 0. The van der Waals surface area contributed by atoms with Crippen LogP contribution in [0, 0.1) is 0 Å². The Kier molecular flexibility index (Phi) is 32.3. The molecule has 288 valence electrons. The Morgan fingerprint density at radius 3 is 1.88 bits per heavy atom. The highest BCUT2D eigenvalue weighted by atomic mass is 31.2. The maximum atomic E-state index is 12.4. The van der Waals surface area contributed by atoms with Crippen LogP contribution in [-0.2, 0) is 23.4 Å². The van der Waals surface area contributed by atoms with Gasteiger partial charge in [-0.25, -0.2) is 4.57 Å². The largest absolute Gasteiger partial charge is 0.498 e. The molecule has 0 radical (unpaired) electrons. The van der Waals surface area contributed by atoms with Gasteiger partial charge in [-0.3, -0.25) is 9.32 Å². The molecule has 0 aliphatic rings. The Balaban J connectivity index is 4.31. The third kappa shape index (κ3) is 34.2. The average molecular weight is 727 g/mol. The van der Waals surface area contributed by atoms with E-state index in [-0.39, 0.29) is 25.9 Å². The van der Waals surface area contributed by atoms with E-state index in [0.29, 0.717) is 6.42 Å². The predicted molar refractivity (Wildman–Crippen MR) is 201 cm³/mol. The second-order valence-electron chi connectivity index (χ2n) is 12.5. The molecule has 0 saturated carbocycles. The van der Waals surface area contributed by atoms with Crippen LogP contribution in [0.2, 0.25) is 0 Å². The highest BCUT2D eigenvalue weighted by Gasteiger charge is 2.22. The predicted octanol–water partition coefficient (Wildman–Crippen LogP) is 8.46. The van der Waals surface area contributed by atoms with Crippen molar-refractivity contribution in [1.82, 2.24) is 0 Å². The molecule has 5 N–H and O–H groups in total. The van der Waals surface area contributed by atoms with Gasteiger partial charge in [0.25, 0.3) is 0 Å². The maximum absolute atomic E-state index is 12.4. The van der Waals surface area contributed by atoms with Gasteiger partial charge in [0.15, 0.2) is 6.10 Å². The first-order valence-electron chi connectivity index (χ1n) is 18.6. The van der Waals surface area contributed by atoms with Gasteiger partial charge in [0.05, 0.1) is 31.2 Å². The molecule has 0 spiro atoms. The number of phosphoric ester groups is 1. The second-order valence-corrected chi connectivity index (χ2v) is 13.7. The Labute approximate surface area is 301 Å². The third-order valence-corrected chi connectivity index (χ3v) is 8.16. The Hall–Kier alpha value is -2.30. The van der Waals surface area contributed by atoms with Crippen molar-refractivity contribution in [3.63, 3.8) is 0 Å². The number of hydrogen-bond acceptors (Lipinski definition) is 8. The fourth-order valence-electron chi connectivity index (χ4n) is 4.81. The van der Waals surface area contributed by atoms with E-state index in [1.165, 1.54) is 76.5 Å². The number of hydrogen-bond donors (Lipinski definition) is 5. The summed E-state index contributed by atoms with van der Waals surface area (Å²) in [6.45, 7) is 3.61. The SMILES string of the molecule is CC/C=C\C[C@H](O)/C=C/C=C/C=C\C=C/[C@@H](O)[C@H](O)CCCC(=O)O[C@H](CO/C=C/CCCCCCCCCCCCCC)COP(=O)(O)O. The molecule has 10 nitrogen and oxygen atoms in total. The van der Waals surface area contributed by atoms with Gasteiger partial charge in [-0.05, 0) is 44.6 Å². The number of phosphoric acid groups is 1. The Morgan fingerprint density at radius 1 is 0.700 bits per heavy atom. The summed E-state index contributed by atoms with van der Waals surface area (Å²) in [5, 5.41) is 30.2. The molecule has 0 aliphatic heterocycles. The van der Waals surface area contributed by atoms with Crippen LogP contribution in [0.15, 0.2) is 73.1 Å². The number of unbranched alkanes of at least 4 members (excludes halogenated alkanes) is 12. The van der Waals surface area contributed by atoms with Crippen LogP contribution < -0.4 is 0 Å². The summed E-state index contributed by atoms with van der Waals surface area (Å²) in [5.74, 6) is -0.640. The van der Waals surface area contributed by atoms with Crippen molar-refractivity contribution in [2.24, 2.45) is 0 Å². The zero-order valence-corrected chi connectivity index (χ0v) is 31.5. The van der Waals surface area contributed by atoms with Crippen molar-refractivity contribution in [3.8, 4) is 0 Å². The molecule has 0 aliphatic carbocycles. The van der Waals surface area contributed by atoms with Gasteiger partial charge in [-0.1, -0.05) is 145 Å². The molecular weight excluding hydrogens is 659 g/mol. The topological polar surface area (TPSA) is 163 Å². The van der Waals surface area contributed by atoms with Crippen molar-refractivity contribution in [1.29, 1.82) is 0 Å². The number of esters is 1. The zero-order chi connectivity index (χ0) is 37.1. The van der Waals surface area contributed by atoms with E-state index in [1.54, 1.807) is 42.5 Å². The minimum absolute atomic E-state index is 0.0729. The number of carbonyl (C=O) groups excluding carboxylic acids is 1. The van der Waals surface area contributed by atoms with Gasteiger partial charge in [0.1, 0.15) is 6.61 Å². The van der Waals surface area contributed by atoms with Crippen molar-refractivity contribution in [3.05, 3.63) is 73.1 Å². The molecule has 0 aromatic heterocycles. The Morgan fingerprint density at radius 2 is 1.28 bits per heavy atom. The summed E-state index contributed by atoms with van der Waals surface area (Å²) in [5.41, 5.74) is 0. The summed E-state index contributed by atoms with van der Waals surface area (Å²) >= 11 is 0. The van der Waals surface area contributed by atoms with E-state index < -0.39 is 44.8 Å². The molecule has 4 atom stereocenters. The van der Waals surface area contributed by atoms with E-state index in [0.717, 1.165) is 25.7 Å². The van der Waals surface area contributed by atoms with Crippen LogP contribution in [0.1, 0.15) is 129 Å². The number of aliphatic hydroxyl groups is 3.